The van der Waals surface area contributed by atoms with Gasteiger partial charge in [-0.25, -0.2) is 4.39 Å². The highest BCUT2D eigenvalue weighted by atomic mass is 35.5. The normalized spacial score (nSPS) is 10.2. The summed E-state index contributed by atoms with van der Waals surface area (Å²) in [4.78, 5) is 10.4. The van der Waals surface area contributed by atoms with Crippen LogP contribution in [0.25, 0.3) is 0 Å². The molecule has 0 aliphatic rings. The average molecular weight is 311 g/mol. The first-order valence-corrected chi connectivity index (χ1v) is 6.50. The molecular formula is C15H12ClFO4. The summed E-state index contributed by atoms with van der Waals surface area (Å²) in [6.07, 6.45) is -0.0752. The standard InChI is InChI=1S/C15H12ClFO4/c16-10-1-6-14(13(17)9-10)21-12-4-2-11(3-5-12)20-8-7-15(18)19/h1-6,9H,7-8H2,(H,18,19). The maximum absolute atomic E-state index is 13.6. The number of carboxylic acids is 1. The molecule has 0 saturated heterocycles. The van der Waals surface area contributed by atoms with Crippen molar-refractivity contribution in [1.82, 2.24) is 0 Å². The van der Waals surface area contributed by atoms with Gasteiger partial charge in [0.25, 0.3) is 0 Å². The topological polar surface area (TPSA) is 55.8 Å². The van der Waals surface area contributed by atoms with E-state index in [0.29, 0.717) is 16.5 Å². The number of hydrogen-bond donors (Lipinski definition) is 1. The lowest BCUT2D eigenvalue weighted by Crippen LogP contribution is -2.04. The van der Waals surface area contributed by atoms with Gasteiger partial charge in [-0.2, -0.15) is 0 Å². The minimum atomic E-state index is -0.923. The molecule has 0 atom stereocenters. The lowest BCUT2D eigenvalue weighted by atomic mass is 10.3. The molecular weight excluding hydrogens is 299 g/mol. The molecule has 0 aliphatic carbocycles. The summed E-state index contributed by atoms with van der Waals surface area (Å²) < 4.78 is 24.2. The Hall–Kier alpha value is -2.27. The van der Waals surface area contributed by atoms with Crippen LogP contribution >= 0.6 is 11.6 Å². The maximum atomic E-state index is 13.6. The van der Waals surface area contributed by atoms with Crippen LogP contribution in [0.3, 0.4) is 0 Å². The van der Waals surface area contributed by atoms with Gasteiger partial charge in [-0.05, 0) is 42.5 Å². The van der Waals surface area contributed by atoms with Crippen molar-refractivity contribution in [2.45, 2.75) is 6.42 Å². The van der Waals surface area contributed by atoms with Crippen molar-refractivity contribution in [1.29, 1.82) is 0 Å². The summed E-state index contributed by atoms with van der Waals surface area (Å²) in [5, 5.41) is 8.79. The lowest BCUT2D eigenvalue weighted by molar-refractivity contribution is -0.137. The Morgan fingerprint density at radius 1 is 1.14 bits per heavy atom. The Bertz CT molecular complexity index is 628. The SMILES string of the molecule is O=C(O)CCOc1ccc(Oc2ccc(Cl)cc2F)cc1. The van der Waals surface area contributed by atoms with Gasteiger partial charge in [-0.15, -0.1) is 0 Å². The second-order valence-corrected chi connectivity index (χ2v) is 4.58. The van der Waals surface area contributed by atoms with Gasteiger partial charge >= 0.3 is 5.97 Å². The number of ether oxygens (including phenoxy) is 2. The molecule has 4 nitrogen and oxygen atoms in total. The van der Waals surface area contributed by atoms with E-state index in [2.05, 4.69) is 0 Å². The summed E-state index contributed by atoms with van der Waals surface area (Å²) in [5.74, 6) is -0.460. The van der Waals surface area contributed by atoms with Gasteiger partial charge in [-0.1, -0.05) is 11.6 Å². The summed E-state index contributed by atoms with van der Waals surface area (Å²) >= 11 is 5.66. The average Bonchev–Trinajstić information content (AvgIpc) is 2.43. The summed E-state index contributed by atoms with van der Waals surface area (Å²) in [5.41, 5.74) is 0. The van der Waals surface area contributed by atoms with Gasteiger partial charge in [0, 0.05) is 5.02 Å². The van der Waals surface area contributed by atoms with E-state index >= 15 is 0 Å². The minimum Gasteiger partial charge on any atom is -0.493 e. The predicted octanol–water partition coefficient (Wildman–Crippen LogP) is 4.12. The highest BCUT2D eigenvalue weighted by Gasteiger charge is 2.06. The van der Waals surface area contributed by atoms with Gasteiger partial charge < -0.3 is 14.6 Å². The number of carboxylic acid groups (broad SMARTS) is 1. The molecule has 0 aromatic heterocycles. The Balaban J connectivity index is 1.97. The molecule has 0 unspecified atom stereocenters. The monoisotopic (exact) mass is 310 g/mol. The Labute approximate surface area is 125 Å². The number of carbonyl (C=O) groups is 1. The van der Waals surface area contributed by atoms with Crippen molar-refractivity contribution in [2.24, 2.45) is 0 Å². The van der Waals surface area contributed by atoms with E-state index < -0.39 is 11.8 Å². The first-order chi connectivity index (χ1) is 10.0. The molecule has 0 fully saturated rings. The van der Waals surface area contributed by atoms with Gasteiger partial charge in [0.2, 0.25) is 0 Å². The maximum Gasteiger partial charge on any atom is 0.306 e. The van der Waals surface area contributed by atoms with Crippen LogP contribution < -0.4 is 9.47 Å². The van der Waals surface area contributed by atoms with Crippen molar-refractivity contribution >= 4 is 17.6 Å². The van der Waals surface area contributed by atoms with Crippen molar-refractivity contribution in [3.63, 3.8) is 0 Å². The Morgan fingerprint density at radius 3 is 2.43 bits per heavy atom. The molecule has 1 N–H and O–H groups in total. The second-order valence-electron chi connectivity index (χ2n) is 4.14. The van der Waals surface area contributed by atoms with E-state index in [9.17, 15) is 9.18 Å². The fourth-order valence-corrected chi connectivity index (χ4v) is 1.70. The molecule has 6 heteroatoms. The molecule has 0 radical (unpaired) electrons. The molecule has 2 rings (SSSR count). The van der Waals surface area contributed by atoms with E-state index in [0.717, 1.165) is 0 Å². The zero-order chi connectivity index (χ0) is 15.2. The zero-order valence-electron chi connectivity index (χ0n) is 10.9. The first-order valence-electron chi connectivity index (χ1n) is 6.12. The van der Waals surface area contributed by atoms with Crippen molar-refractivity contribution in [3.8, 4) is 17.2 Å². The fraction of sp³-hybridized carbons (Fsp3) is 0.133. The van der Waals surface area contributed by atoms with Crippen LogP contribution in [-0.4, -0.2) is 17.7 Å². The van der Waals surface area contributed by atoms with Crippen molar-refractivity contribution < 1.29 is 23.8 Å². The predicted molar refractivity (Wildman–Crippen MR) is 75.7 cm³/mol. The molecule has 2 aromatic carbocycles. The van der Waals surface area contributed by atoms with Crippen LogP contribution in [0.4, 0.5) is 4.39 Å². The van der Waals surface area contributed by atoms with Crippen molar-refractivity contribution in [2.75, 3.05) is 6.61 Å². The minimum absolute atomic E-state index is 0.0685. The van der Waals surface area contributed by atoms with Gasteiger partial charge in [0.15, 0.2) is 11.6 Å². The summed E-state index contributed by atoms with van der Waals surface area (Å²) in [7, 11) is 0. The third kappa shape index (κ3) is 4.65. The summed E-state index contributed by atoms with van der Waals surface area (Å²) in [6.45, 7) is 0.0847. The Morgan fingerprint density at radius 2 is 1.81 bits per heavy atom. The summed E-state index contributed by atoms with van der Waals surface area (Å²) in [6, 6.07) is 10.6. The quantitative estimate of drug-likeness (QED) is 0.871. The van der Waals surface area contributed by atoms with Crippen LogP contribution in [0.5, 0.6) is 17.2 Å². The van der Waals surface area contributed by atoms with E-state index in [4.69, 9.17) is 26.2 Å². The van der Waals surface area contributed by atoms with E-state index in [-0.39, 0.29) is 18.8 Å². The smallest absolute Gasteiger partial charge is 0.306 e. The fourth-order valence-electron chi connectivity index (χ4n) is 1.55. The highest BCUT2D eigenvalue weighted by molar-refractivity contribution is 6.30. The largest absolute Gasteiger partial charge is 0.493 e. The number of halogens is 2. The van der Waals surface area contributed by atoms with E-state index in [1.54, 1.807) is 24.3 Å². The van der Waals surface area contributed by atoms with E-state index in [1.807, 2.05) is 0 Å². The third-order valence-electron chi connectivity index (χ3n) is 2.53. The van der Waals surface area contributed by atoms with Crippen LogP contribution in [0, 0.1) is 5.82 Å². The lowest BCUT2D eigenvalue weighted by Gasteiger charge is -2.08. The molecule has 0 heterocycles. The van der Waals surface area contributed by atoms with Crippen LogP contribution in [0.2, 0.25) is 5.02 Å². The number of hydrogen-bond acceptors (Lipinski definition) is 3. The molecule has 0 saturated carbocycles. The second kappa shape index (κ2) is 6.95. The van der Waals surface area contributed by atoms with Gasteiger partial charge in [0.05, 0.1) is 13.0 Å². The number of rotatable bonds is 6. The molecule has 110 valence electrons. The molecule has 0 aliphatic heterocycles. The Kier molecular flexibility index (Phi) is 5.00. The van der Waals surface area contributed by atoms with Crippen LogP contribution in [0.15, 0.2) is 42.5 Å². The molecule has 21 heavy (non-hydrogen) atoms. The van der Waals surface area contributed by atoms with Crippen LogP contribution in [-0.2, 0) is 4.79 Å². The van der Waals surface area contributed by atoms with Crippen molar-refractivity contribution in [3.05, 3.63) is 53.3 Å². The molecule has 0 amide bonds. The van der Waals surface area contributed by atoms with Gasteiger partial charge in [0.1, 0.15) is 11.5 Å². The number of aliphatic carboxylic acids is 1. The third-order valence-corrected chi connectivity index (χ3v) is 2.77. The van der Waals surface area contributed by atoms with Crippen LogP contribution in [0.1, 0.15) is 6.42 Å². The molecule has 0 bridgehead atoms. The first kappa shape index (κ1) is 15.1. The molecule has 2 aromatic rings. The zero-order valence-corrected chi connectivity index (χ0v) is 11.6. The molecule has 0 spiro atoms. The number of benzene rings is 2. The van der Waals surface area contributed by atoms with Gasteiger partial charge in [-0.3, -0.25) is 4.79 Å². The van der Waals surface area contributed by atoms with E-state index in [1.165, 1.54) is 18.2 Å². The highest BCUT2D eigenvalue weighted by Crippen LogP contribution is 2.27.